The maximum absolute atomic E-state index is 12.1. The van der Waals surface area contributed by atoms with Crippen LogP contribution in [0.5, 0.6) is 0 Å². The first kappa shape index (κ1) is 15.3. The van der Waals surface area contributed by atoms with Gasteiger partial charge >= 0.3 is 0 Å². The van der Waals surface area contributed by atoms with E-state index in [1.165, 1.54) is 7.11 Å². The van der Waals surface area contributed by atoms with Crippen LogP contribution in [0.2, 0.25) is 0 Å². The highest BCUT2D eigenvalue weighted by Gasteiger charge is 2.27. The van der Waals surface area contributed by atoms with Gasteiger partial charge in [0.05, 0.1) is 5.92 Å². The van der Waals surface area contributed by atoms with E-state index in [9.17, 15) is 9.59 Å². The van der Waals surface area contributed by atoms with Gasteiger partial charge in [-0.3, -0.25) is 9.59 Å². The lowest BCUT2D eigenvalue weighted by Gasteiger charge is -2.33. The van der Waals surface area contributed by atoms with E-state index in [2.05, 4.69) is 10.6 Å². The van der Waals surface area contributed by atoms with Crippen molar-refractivity contribution in [2.75, 3.05) is 39.9 Å². The van der Waals surface area contributed by atoms with Gasteiger partial charge in [0.15, 0.2) is 0 Å². The zero-order chi connectivity index (χ0) is 14.4. The molecule has 114 valence electrons. The molecule has 6 heteroatoms. The van der Waals surface area contributed by atoms with Gasteiger partial charge in [-0.2, -0.15) is 0 Å². The highest BCUT2D eigenvalue weighted by Crippen LogP contribution is 2.14. The molecule has 2 aliphatic rings. The quantitative estimate of drug-likeness (QED) is 0.746. The lowest BCUT2D eigenvalue weighted by Crippen LogP contribution is -2.50. The Morgan fingerprint density at radius 1 is 1.30 bits per heavy atom. The molecule has 1 atom stereocenters. The molecule has 0 bridgehead atoms. The fourth-order valence-electron chi connectivity index (χ4n) is 2.88. The first-order chi connectivity index (χ1) is 9.70. The Kier molecular flexibility index (Phi) is 5.79. The van der Waals surface area contributed by atoms with Crippen molar-refractivity contribution in [3.63, 3.8) is 0 Å². The molecule has 0 aromatic heterocycles. The maximum Gasteiger partial charge on any atom is 0.248 e. The van der Waals surface area contributed by atoms with Crippen molar-refractivity contribution in [3.05, 3.63) is 0 Å². The minimum absolute atomic E-state index is 0.0359. The summed E-state index contributed by atoms with van der Waals surface area (Å²) in [5.41, 5.74) is 0. The van der Waals surface area contributed by atoms with E-state index >= 15 is 0 Å². The second-order valence-corrected chi connectivity index (χ2v) is 5.64. The number of likely N-dealkylation sites (tertiary alicyclic amines) is 1. The van der Waals surface area contributed by atoms with Gasteiger partial charge in [-0.1, -0.05) is 0 Å². The van der Waals surface area contributed by atoms with Gasteiger partial charge in [0.25, 0.3) is 0 Å². The summed E-state index contributed by atoms with van der Waals surface area (Å²) in [6.45, 7) is 3.36. The van der Waals surface area contributed by atoms with Crippen LogP contribution in [0.3, 0.4) is 0 Å². The molecule has 0 aromatic carbocycles. The zero-order valence-electron chi connectivity index (χ0n) is 12.2. The van der Waals surface area contributed by atoms with Crippen LogP contribution in [0.15, 0.2) is 0 Å². The monoisotopic (exact) mass is 283 g/mol. The third kappa shape index (κ3) is 4.18. The summed E-state index contributed by atoms with van der Waals surface area (Å²) in [5.74, 6) is 0.310. The molecule has 2 amide bonds. The summed E-state index contributed by atoms with van der Waals surface area (Å²) >= 11 is 0. The first-order valence-corrected chi connectivity index (χ1v) is 7.48. The lowest BCUT2D eigenvalue weighted by molar-refractivity contribution is -0.136. The van der Waals surface area contributed by atoms with Gasteiger partial charge in [-0.15, -0.1) is 0 Å². The molecule has 2 saturated heterocycles. The maximum atomic E-state index is 12.1. The Bertz CT molecular complexity index is 335. The Hall–Kier alpha value is -1.14. The van der Waals surface area contributed by atoms with Crippen molar-refractivity contribution in [1.82, 2.24) is 15.5 Å². The standard InChI is InChI=1S/C14H25N3O3/c1-20-10-13(18)17-7-4-12(5-8-17)16-14(19)11-3-2-6-15-9-11/h11-12,15H,2-10H2,1H3,(H,16,19)/t11-/m0/s1. The van der Waals surface area contributed by atoms with Crippen molar-refractivity contribution >= 4 is 11.8 Å². The van der Waals surface area contributed by atoms with E-state index in [0.29, 0.717) is 13.1 Å². The predicted molar refractivity (Wildman–Crippen MR) is 75.2 cm³/mol. The minimum Gasteiger partial charge on any atom is -0.375 e. The minimum atomic E-state index is 0.0359. The van der Waals surface area contributed by atoms with Gasteiger partial charge in [0, 0.05) is 32.8 Å². The molecule has 2 N–H and O–H groups in total. The largest absolute Gasteiger partial charge is 0.375 e. The smallest absolute Gasteiger partial charge is 0.248 e. The molecule has 6 nitrogen and oxygen atoms in total. The van der Waals surface area contributed by atoms with Crippen molar-refractivity contribution in [2.24, 2.45) is 5.92 Å². The molecule has 0 unspecified atom stereocenters. The molecular formula is C14H25N3O3. The number of hydrogen-bond acceptors (Lipinski definition) is 4. The summed E-state index contributed by atoms with van der Waals surface area (Å²) in [7, 11) is 1.53. The Labute approximate surface area is 120 Å². The van der Waals surface area contributed by atoms with Gasteiger partial charge in [0.2, 0.25) is 11.8 Å². The average molecular weight is 283 g/mol. The van der Waals surface area contributed by atoms with Crippen molar-refractivity contribution in [2.45, 2.75) is 31.7 Å². The SMILES string of the molecule is COCC(=O)N1CCC(NC(=O)[C@H]2CCCNC2)CC1. The summed E-state index contributed by atoms with van der Waals surface area (Å²) in [6.07, 6.45) is 3.72. The van der Waals surface area contributed by atoms with Crippen LogP contribution in [0, 0.1) is 5.92 Å². The van der Waals surface area contributed by atoms with Crippen LogP contribution in [0.1, 0.15) is 25.7 Å². The van der Waals surface area contributed by atoms with Crippen molar-refractivity contribution in [1.29, 1.82) is 0 Å². The number of piperidine rings is 2. The topological polar surface area (TPSA) is 70.7 Å². The number of rotatable bonds is 4. The fraction of sp³-hybridized carbons (Fsp3) is 0.857. The van der Waals surface area contributed by atoms with Crippen LogP contribution < -0.4 is 10.6 Å². The number of methoxy groups -OCH3 is 1. The summed E-state index contributed by atoms with van der Waals surface area (Å²) < 4.78 is 4.86. The van der Waals surface area contributed by atoms with E-state index in [4.69, 9.17) is 4.74 Å². The number of carbonyl (C=O) groups is 2. The number of ether oxygens (including phenoxy) is 1. The van der Waals surface area contributed by atoms with E-state index in [0.717, 1.165) is 38.8 Å². The summed E-state index contributed by atoms with van der Waals surface area (Å²) in [6, 6.07) is 0.205. The molecule has 0 radical (unpaired) electrons. The number of carbonyl (C=O) groups excluding carboxylic acids is 2. The zero-order valence-corrected chi connectivity index (χ0v) is 12.2. The average Bonchev–Trinajstić information content (AvgIpc) is 2.49. The van der Waals surface area contributed by atoms with Crippen LogP contribution >= 0.6 is 0 Å². The van der Waals surface area contributed by atoms with E-state index in [-0.39, 0.29) is 30.4 Å². The second-order valence-electron chi connectivity index (χ2n) is 5.64. The van der Waals surface area contributed by atoms with Gasteiger partial charge in [-0.25, -0.2) is 0 Å². The molecule has 2 rings (SSSR count). The highest BCUT2D eigenvalue weighted by atomic mass is 16.5. The molecule has 2 aliphatic heterocycles. The third-order valence-electron chi connectivity index (χ3n) is 4.13. The molecule has 2 heterocycles. The molecule has 0 saturated carbocycles. The molecule has 0 spiro atoms. The molecule has 20 heavy (non-hydrogen) atoms. The third-order valence-corrected chi connectivity index (χ3v) is 4.13. The van der Waals surface area contributed by atoms with E-state index in [1.807, 2.05) is 4.90 Å². The molecular weight excluding hydrogens is 258 g/mol. The van der Waals surface area contributed by atoms with Crippen molar-refractivity contribution in [3.8, 4) is 0 Å². The molecule has 0 aliphatic carbocycles. The number of hydrogen-bond donors (Lipinski definition) is 2. The van der Waals surface area contributed by atoms with Gasteiger partial charge in [0.1, 0.15) is 6.61 Å². The summed E-state index contributed by atoms with van der Waals surface area (Å²) in [5, 5.41) is 6.39. The van der Waals surface area contributed by atoms with Gasteiger partial charge < -0.3 is 20.3 Å². The van der Waals surface area contributed by atoms with E-state index in [1.54, 1.807) is 0 Å². The van der Waals surface area contributed by atoms with Crippen molar-refractivity contribution < 1.29 is 14.3 Å². The van der Waals surface area contributed by atoms with Crippen LogP contribution in [0.25, 0.3) is 0 Å². The number of nitrogens with one attached hydrogen (secondary N) is 2. The Balaban J connectivity index is 1.71. The molecule has 0 aromatic rings. The number of nitrogens with zero attached hydrogens (tertiary/aromatic N) is 1. The predicted octanol–water partition coefficient (Wildman–Crippen LogP) is -0.260. The lowest BCUT2D eigenvalue weighted by atomic mass is 9.97. The van der Waals surface area contributed by atoms with Crippen LogP contribution in [0.4, 0.5) is 0 Å². The fourth-order valence-corrected chi connectivity index (χ4v) is 2.88. The summed E-state index contributed by atoms with van der Waals surface area (Å²) in [4.78, 5) is 25.6. The first-order valence-electron chi connectivity index (χ1n) is 7.48. The molecule has 2 fully saturated rings. The Morgan fingerprint density at radius 2 is 2.05 bits per heavy atom. The van der Waals surface area contributed by atoms with Crippen LogP contribution in [-0.2, 0) is 14.3 Å². The number of amides is 2. The highest BCUT2D eigenvalue weighted by molar-refractivity contribution is 5.79. The van der Waals surface area contributed by atoms with E-state index < -0.39 is 0 Å². The van der Waals surface area contributed by atoms with Crippen LogP contribution in [-0.4, -0.2) is 62.7 Å². The second kappa shape index (κ2) is 7.59. The van der Waals surface area contributed by atoms with Gasteiger partial charge in [-0.05, 0) is 32.2 Å². The normalized spacial score (nSPS) is 24.4. The Morgan fingerprint density at radius 3 is 2.65 bits per heavy atom.